The van der Waals surface area contributed by atoms with E-state index in [0.29, 0.717) is 25.0 Å². The number of alkyl halides is 1. The molecule has 0 N–H and O–H groups in total. The molecule has 0 amide bonds. The van der Waals surface area contributed by atoms with Crippen molar-refractivity contribution in [2.45, 2.75) is 51.2 Å². The van der Waals surface area contributed by atoms with Gasteiger partial charge < -0.3 is 14.1 Å². The summed E-state index contributed by atoms with van der Waals surface area (Å²) in [5.41, 5.74) is -0.494. The predicted octanol–water partition coefficient (Wildman–Crippen LogP) is 2.76. The highest BCUT2D eigenvalue weighted by Gasteiger charge is 2.39. The molecule has 5 nitrogen and oxygen atoms in total. The van der Waals surface area contributed by atoms with Gasteiger partial charge in [0.1, 0.15) is 5.38 Å². The minimum Gasteiger partial charge on any atom is -0.406 e. The van der Waals surface area contributed by atoms with E-state index in [1.54, 1.807) is 0 Å². The summed E-state index contributed by atoms with van der Waals surface area (Å²) in [4.78, 5) is 2.05. The van der Waals surface area contributed by atoms with Crippen LogP contribution >= 0.6 is 11.6 Å². The van der Waals surface area contributed by atoms with E-state index in [9.17, 15) is 0 Å². The van der Waals surface area contributed by atoms with Crippen molar-refractivity contribution >= 4 is 17.6 Å². The van der Waals surface area contributed by atoms with Crippen molar-refractivity contribution in [1.29, 1.82) is 0 Å². The smallest absolute Gasteiger partial charge is 0.318 e. The third kappa shape index (κ3) is 2.95. The SMILES string of the molecule is CC(Cl)c1nnc(N2CC(C)(C)OC(C)(C)C2)o1. The number of anilines is 1. The Balaban J connectivity index is 2.21. The average molecular weight is 274 g/mol. The van der Waals surface area contributed by atoms with Crippen molar-refractivity contribution < 1.29 is 9.15 Å². The number of hydrogen-bond acceptors (Lipinski definition) is 5. The van der Waals surface area contributed by atoms with Gasteiger partial charge in [-0.15, -0.1) is 16.7 Å². The number of nitrogens with zero attached hydrogens (tertiary/aromatic N) is 3. The summed E-state index contributed by atoms with van der Waals surface area (Å²) in [6.07, 6.45) is 0. The summed E-state index contributed by atoms with van der Waals surface area (Å²) in [6.45, 7) is 11.5. The lowest BCUT2D eigenvalue weighted by Gasteiger charge is -2.46. The molecule has 1 saturated heterocycles. The lowest BCUT2D eigenvalue weighted by atomic mass is 9.99. The first kappa shape index (κ1) is 13.6. The fraction of sp³-hybridized carbons (Fsp3) is 0.833. The topological polar surface area (TPSA) is 51.4 Å². The van der Waals surface area contributed by atoms with Crippen LogP contribution in [0, 0.1) is 0 Å². The second-order valence-electron chi connectivity index (χ2n) is 6.02. The lowest BCUT2D eigenvalue weighted by molar-refractivity contribution is -0.134. The van der Waals surface area contributed by atoms with Gasteiger partial charge >= 0.3 is 6.01 Å². The Morgan fingerprint density at radius 2 is 1.72 bits per heavy atom. The largest absolute Gasteiger partial charge is 0.406 e. The first-order valence-electron chi connectivity index (χ1n) is 6.11. The quantitative estimate of drug-likeness (QED) is 0.776. The summed E-state index contributed by atoms with van der Waals surface area (Å²) in [6, 6.07) is 0.516. The maximum absolute atomic E-state index is 6.01. The molecule has 0 aliphatic carbocycles. The van der Waals surface area contributed by atoms with Gasteiger partial charge in [-0.05, 0) is 34.6 Å². The normalized spacial score (nSPS) is 24.0. The predicted molar refractivity (Wildman–Crippen MR) is 70.0 cm³/mol. The first-order chi connectivity index (χ1) is 8.19. The highest BCUT2D eigenvalue weighted by Crippen LogP contribution is 2.31. The number of aromatic nitrogens is 2. The molecule has 0 bridgehead atoms. The molecule has 102 valence electrons. The van der Waals surface area contributed by atoms with Crippen LogP contribution in [0.5, 0.6) is 0 Å². The van der Waals surface area contributed by atoms with Crippen LogP contribution in [-0.2, 0) is 4.74 Å². The molecule has 1 aliphatic heterocycles. The maximum atomic E-state index is 6.01. The highest BCUT2D eigenvalue weighted by molar-refractivity contribution is 6.20. The zero-order valence-corrected chi connectivity index (χ0v) is 12.3. The Kier molecular flexibility index (Phi) is 3.32. The summed E-state index contributed by atoms with van der Waals surface area (Å²) >= 11 is 5.93. The molecule has 18 heavy (non-hydrogen) atoms. The van der Waals surface area contributed by atoms with Crippen LogP contribution in [-0.4, -0.2) is 34.5 Å². The number of rotatable bonds is 2. The van der Waals surface area contributed by atoms with Crippen molar-refractivity contribution in [3.8, 4) is 0 Å². The van der Waals surface area contributed by atoms with E-state index in [-0.39, 0.29) is 16.6 Å². The van der Waals surface area contributed by atoms with Crippen LogP contribution in [0.3, 0.4) is 0 Å². The maximum Gasteiger partial charge on any atom is 0.318 e. The first-order valence-corrected chi connectivity index (χ1v) is 6.55. The summed E-state index contributed by atoms with van der Waals surface area (Å²) in [5.74, 6) is 0.453. The lowest BCUT2D eigenvalue weighted by Crippen LogP contribution is -2.57. The number of hydrogen-bond donors (Lipinski definition) is 0. The Morgan fingerprint density at radius 1 is 1.17 bits per heavy atom. The molecule has 0 saturated carbocycles. The molecule has 6 heteroatoms. The molecule has 1 unspecified atom stereocenters. The Morgan fingerprint density at radius 3 is 2.17 bits per heavy atom. The van der Waals surface area contributed by atoms with E-state index in [0.717, 1.165) is 0 Å². The van der Waals surface area contributed by atoms with Crippen LogP contribution in [0.25, 0.3) is 0 Å². The van der Waals surface area contributed by atoms with Gasteiger partial charge in [-0.25, -0.2) is 0 Å². The standard InChI is InChI=1S/C12H20ClN3O2/c1-8(13)9-14-15-10(17-9)16-6-11(2,3)18-12(4,5)7-16/h8H,6-7H2,1-5H3. The van der Waals surface area contributed by atoms with Gasteiger partial charge in [-0.2, -0.15) is 0 Å². The molecular formula is C12H20ClN3O2. The third-order valence-electron chi connectivity index (χ3n) is 2.74. The van der Waals surface area contributed by atoms with Crippen LogP contribution in [0.15, 0.2) is 4.42 Å². The highest BCUT2D eigenvalue weighted by atomic mass is 35.5. The van der Waals surface area contributed by atoms with Crippen LogP contribution < -0.4 is 4.90 Å². The van der Waals surface area contributed by atoms with Gasteiger partial charge in [0.15, 0.2) is 0 Å². The molecule has 1 atom stereocenters. The van der Waals surface area contributed by atoms with Gasteiger partial charge in [0.05, 0.1) is 24.3 Å². The van der Waals surface area contributed by atoms with Gasteiger partial charge in [-0.3, -0.25) is 0 Å². The van der Waals surface area contributed by atoms with E-state index >= 15 is 0 Å². The molecule has 1 aromatic heterocycles. The summed E-state index contributed by atoms with van der Waals surface area (Å²) in [7, 11) is 0. The second kappa shape index (κ2) is 4.38. The third-order valence-corrected chi connectivity index (χ3v) is 2.92. The van der Waals surface area contributed by atoms with Crippen LogP contribution in [0.2, 0.25) is 0 Å². The molecule has 0 radical (unpaired) electrons. The Labute approximate surface area is 112 Å². The van der Waals surface area contributed by atoms with Gasteiger partial charge in [0.25, 0.3) is 0 Å². The zero-order chi connectivity index (χ0) is 13.6. The van der Waals surface area contributed by atoms with E-state index in [1.165, 1.54) is 0 Å². The molecule has 0 aromatic carbocycles. The van der Waals surface area contributed by atoms with Gasteiger partial charge in [-0.1, -0.05) is 5.10 Å². The van der Waals surface area contributed by atoms with Crippen molar-refractivity contribution in [3.05, 3.63) is 5.89 Å². The van der Waals surface area contributed by atoms with E-state index in [1.807, 2.05) is 6.92 Å². The zero-order valence-electron chi connectivity index (χ0n) is 11.5. The minimum absolute atomic E-state index is 0.247. The average Bonchev–Trinajstić information content (AvgIpc) is 2.60. The fourth-order valence-electron chi connectivity index (χ4n) is 2.44. The fourth-order valence-corrected chi connectivity index (χ4v) is 2.53. The Hall–Kier alpha value is -0.810. The van der Waals surface area contributed by atoms with Crippen molar-refractivity contribution in [1.82, 2.24) is 10.2 Å². The summed E-state index contributed by atoms with van der Waals surface area (Å²) < 4.78 is 11.6. The van der Waals surface area contributed by atoms with Crippen LogP contribution in [0.4, 0.5) is 6.01 Å². The second-order valence-corrected chi connectivity index (χ2v) is 6.67. The molecule has 0 spiro atoms. The van der Waals surface area contributed by atoms with Crippen molar-refractivity contribution in [2.24, 2.45) is 0 Å². The van der Waals surface area contributed by atoms with Gasteiger partial charge in [0.2, 0.25) is 5.89 Å². The van der Waals surface area contributed by atoms with E-state index < -0.39 is 0 Å². The minimum atomic E-state index is -0.270. The molecule has 1 aliphatic rings. The van der Waals surface area contributed by atoms with E-state index in [2.05, 4.69) is 42.8 Å². The molecule has 2 rings (SSSR count). The molecule has 1 fully saturated rings. The van der Waals surface area contributed by atoms with Crippen LogP contribution in [0.1, 0.15) is 45.9 Å². The van der Waals surface area contributed by atoms with Gasteiger partial charge in [0, 0.05) is 0 Å². The molecular weight excluding hydrogens is 254 g/mol. The van der Waals surface area contributed by atoms with Crippen molar-refractivity contribution in [2.75, 3.05) is 18.0 Å². The summed E-state index contributed by atoms with van der Waals surface area (Å²) in [5, 5.41) is 7.75. The van der Waals surface area contributed by atoms with E-state index in [4.69, 9.17) is 20.8 Å². The molecule has 2 heterocycles. The van der Waals surface area contributed by atoms with Crippen molar-refractivity contribution in [3.63, 3.8) is 0 Å². The monoisotopic (exact) mass is 273 g/mol. The number of halogens is 1. The number of ether oxygens (including phenoxy) is 1. The Bertz CT molecular complexity index is 413. The molecule has 1 aromatic rings. The number of morpholine rings is 1.